The zero-order chi connectivity index (χ0) is 21.8. The Balaban J connectivity index is 1.40. The van der Waals surface area contributed by atoms with E-state index in [-0.39, 0.29) is 5.91 Å². The molecule has 0 unspecified atom stereocenters. The number of anilines is 1. The molecule has 160 valence electrons. The van der Waals surface area contributed by atoms with Crippen LogP contribution in [0.25, 0.3) is 10.2 Å². The Morgan fingerprint density at radius 1 is 1.03 bits per heavy atom. The van der Waals surface area contributed by atoms with E-state index < -0.39 is 10.0 Å². The van der Waals surface area contributed by atoms with Gasteiger partial charge in [0.05, 0.1) is 21.3 Å². The van der Waals surface area contributed by atoms with Gasteiger partial charge in [-0.1, -0.05) is 29.5 Å². The average Bonchev–Trinajstić information content (AvgIpc) is 3.34. The van der Waals surface area contributed by atoms with E-state index in [0.717, 1.165) is 27.1 Å². The van der Waals surface area contributed by atoms with E-state index in [1.807, 2.05) is 54.6 Å². The van der Waals surface area contributed by atoms with Crippen LogP contribution >= 0.6 is 22.7 Å². The van der Waals surface area contributed by atoms with Gasteiger partial charge in [0.25, 0.3) is 5.91 Å². The molecule has 0 radical (unpaired) electrons. The van der Waals surface area contributed by atoms with Crippen LogP contribution in [0.4, 0.5) is 5.13 Å². The zero-order valence-electron chi connectivity index (χ0n) is 16.5. The van der Waals surface area contributed by atoms with Crippen molar-refractivity contribution in [1.29, 1.82) is 0 Å². The minimum absolute atomic E-state index is 0.243. The Morgan fingerprint density at radius 3 is 2.61 bits per heavy atom. The molecule has 10 heteroatoms. The van der Waals surface area contributed by atoms with Crippen LogP contribution in [0, 0.1) is 0 Å². The van der Waals surface area contributed by atoms with Gasteiger partial charge in [0.1, 0.15) is 11.5 Å². The fraction of sp³-hybridized carbons (Fsp3) is 0.143. The Bertz CT molecular complexity index is 1310. The van der Waals surface area contributed by atoms with Crippen LogP contribution in [0.15, 0.2) is 60.7 Å². The van der Waals surface area contributed by atoms with E-state index in [1.165, 1.54) is 22.7 Å². The lowest BCUT2D eigenvalue weighted by molar-refractivity contribution is 0.103. The monoisotopic (exact) mass is 473 g/mol. The van der Waals surface area contributed by atoms with Gasteiger partial charge in [-0.05, 0) is 42.8 Å². The molecule has 4 aromatic rings. The molecule has 0 saturated heterocycles. The first-order valence-corrected chi connectivity index (χ1v) is 12.9. The number of nitrogens with zero attached hydrogens (tertiary/aromatic N) is 1. The van der Waals surface area contributed by atoms with Crippen LogP contribution in [-0.4, -0.2) is 32.1 Å². The molecule has 0 spiro atoms. The number of aromatic nitrogens is 1. The molecular formula is C21H19N3O4S3. The summed E-state index contributed by atoms with van der Waals surface area (Å²) in [6, 6.07) is 18.7. The molecular weight excluding hydrogens is 454 g/mol. The van der Waals surface area contributed by atoms with Crippen molar-refractivity contribution in [2.45, 2.75) is 6.42 Å². The number of carbonyl (C=O) groups excluding carboxylic acids is 1. The SMILES string of the molecule is CS(=O)(=O)NCCc1ccc(C(=O)Nc2nc3ccc(Oc4ccccc4)cc3s2)s1. The molecule has 0 atom stereocenters. The first-order valence-electron chi connectivity index (χ1n) is 9.34. The van der Waals surface area contributed by atoms with E-state index in [0.29, 0.717) is 28.7 Å². The van der Waals surface area contributed by atoms with Gasteiger partial charge >= 0.3 is 0 Å². The van der Waals surface area contributed by atoms with Crippen molar-refractivity contribution in [3.05, 3.63) is 70.4 Å². The van der Waals surface area contributed by atoms with Crippen LogP contribution in [0.1, 0.15) is 14.5 Å². The van der Waals surface area contributed by atoms with Gasteiger partial charge in [-0.3, -0.25) is 10.1 Å². The maximum atomic E-state index is 12.6. The first kappa shape index (κ1) is 21.4. The second-order valence-corrected chi connectivity index (χ2v) is 10.7. The number of thiophene rings is 1. The quantitative estimate of drug-likeness (QED) is 0.393. The fourth-order valence-corrected chi connectivity index (χ4v) is 5.06. The summed E-state index contributed by atoms with van der Waals surface area (Å²) in [5.41, 5.74) is 0.777. The van der Waals surface area contributed by atoms with Crippen molar-refractivity contribution >= 4 is 54.0 Å². The van der Waals surface area contributed by atoms with Crippen LogP contribution in [0.5, 0.6) is 11.5 Å². The number of carbonyl (C=O) groups is 1. The summed E-state index contributed by atoms with van der Waals surface area (Å²) < 4.78 is 31.5. The largest absolute Gasteiger partial charge is 0.457 e. The molecule has 4 rings (SSSR count). The Morgan fingerprint density at radius 2 is 1.84 bits per heavy atom. The number of benzene rings is 2. The minimum atomic E-state index is -3.22. The normalized spacial score (nSPS) is 11.5. The highest BCUT2D eigenvalue weighted by molar-refractivity contribution is 7.88. The molecule has 0 saturated carbocycles. The van der Waals surface area contributed by atoms with Crippen LogP contribution in [-0.2, 0) is 16.4 Å². The van der Waals surface area contributed by atoms with Crippen molar-refractivity contribution in [2.24, 2.45) is 0 Å². The second kappa shape index (κ2) is 9.15. The summed E-state index contributed by atoms with van der Waals surface area (Å²) in [5.74, 6) is 1.21. The number of para-hydroxylation sites is 1. The number of nitrogens with one attached hydrogen (secondary N) is 2. The predicted octanol–water partition coefficient (Wildman–Crippen LogP) is 4.49. The highest BCUT2D eigenvalue weighted by Crippen LogP contribution is 2.31. The van der Waals surface area contributed by atoms with Crippen molar-refractivity contribution < 1.29 is 17.9 Å². The van der Waals surface area contributed by atoms with Crippen molar-refractivity contribution in [2.75, 3.05) is 18.1 Å². The van der Waals surface area contributed by atoms with E-state index in [2.05, 4.69) is 15.0 Å². The number of rotatable bonds is 8. The number of hydrogen-bond acceptors (Lipinski definition) is 7. The molecule has 7 nitrogen and oxygen atoms in total. The third-order valence-electron chi connectivity index (χ3n) is 4.18. The molecule has 0 aliphatic heterocycles. The smallest absolute Gasteiger partial charge is 0.267 e. The molecule has 2 aromatic heterocycles. The number of amides is 1. The maximum absolute atomic E-state index is 12.6. The lowest BCUT2D eigenvalue weighted by Crippen LogP contribution is -2.24. The van der Waals surface area contributed by atoms with E-state index in [4.69, 9.17) is 4.74 Å². The molecule has 31 heavy (non-hydrogen) atoms. The van der Waals surface area contributed by atoms with E-state index in [9.17, 15) is 13.2 Å². The lowest BCUT2D eigenvalue weighted by Gasteiger charge is -2.04. The summed E-state index contributed by atoms with van der Waals surface area (Å²) in [5, 5.41) is 3.34. The topological polar surface area (TPSA) is 97.4 Å². The average molecular weight is 474 g/mol. The molecule has 0 aliphatic rings. The number of hydrogen-bond donors (Lipinski definition) is 2. The van der Waals surface area contributed by atoms with Gasteiger partial charge in [-0.15, -0.1) is 11.3 Å². The number of thiazole rings is 1. The first-order chi connectivity index (χ1) is 14.9. The lowest BCUT2D eigenvalue weighted by atomic mass is 10.3. The third kappa shape index (κ3) is 5.88. The predicted molar refractivity (Wildman–Crippen MR) is 125 cm³/mol. The van der Waals surface area contributed by atoms with Crippen molar-refractivity contribution in [3.8, 4) is 11.5 Å². The summed E-state index contributed by atoms with van der Waals surface area (Å²) in [6.45, 7) is 0.297. The van der Waals surface area contributed by atoms with Crippen LogP contribution < -0.4 is 14.8 Å². The second-order valence-electron chi connectivity index (χ2n) is 6.70. The summed E-state index contributed by atoms with van der Waals surface area (Å²) >= 11 is 2.70. The molecule has 1 amide bonds. The molecule has 2 N–H and O–H groups in total. The minimum Gasteiger partial charge on any atom is -0.457 e. The molecule has 0 aliphatic carbocycles. The molecule has 0 fully saturated rings. The number of sulfonamides is 1. The Labute approximate surface area is 187 Å². The standard InChI is InChI=1S/C21H19N3O4S3/c1-31(26,27)22-12-11-16-8-10-18(29-16)20(25)24-21-23-17-9-7-15(13-19(17)30-21)28-14-5-3-2-4-6-14/h2-10,13,22H,11-12H2,1H3,(H,23,24,25). The van der Waals surface area contributed by atoms with Gasteiger partial charge in [-0.2, -0.15) is 0 Å². The van der Waals surface area contributed by atoms with E-state index >= 15 is 0 Å². The molecule has 2 heterocycles. The summed E-state index contributed by atoms with van der Waals surface area (Å²) in [6.07, 6.45) is 1.64. The summed E-state index contributed by atoms with van der Waals surface area (Å²) in [7, 11) is -3.22. The van der Waals surface area contributed by atoms with E-state index in [1.54, 1.807) is 6.07 Å². The van der Waals surface area contributed by atoms with Crippen molar-refractivity contribution in [1.82, 2.24) is 9.71 Å². The number of fused-ring (bicyclic) bond motifs is 1. The third-order valence-corrected chi connectivity index (χ3v) is 6.99. The maximum Gasteiger partial charge on any atom is 0.267 e. The van der Waals surface area contributed by atoms with Gasteiger partial charge < -0.3 is 4.74 Å². The Kier molecular flexibility index (Phi) is 6.33. The van der Waals surface area contributed by atoms with Crippen molar-refractivity contribution in [3.63, 3.8) is 0 Å². The van der Waals surface area contributed by atoms with Gasteiger partial charge in [0.15, 0.2) is 5.13 Å². The highest BCUT2D eigenvalue weighted by atomic mass is 32.2. The number of ether oxygens (including phenoxy) is 1. The molecule has 2 aromatic carbocycles. The molecule has 0 bridgehead atoms. The van der Waals surface area contributed by atoms with Gasteiger partial charge in [-0.25, -0.2) is 18.1 Å². The van der Waals surface area contributed by atoms with Crippen LogP contribution in [0.3, 0.4) is 0 Å². The fourth-order valence-electron chi connectivity index (χ4n) is 2.80. The van der Waals surface area contributed by atoms with Gasteiger partial charge in [0, 0.05) is 17.5 Å². The Hall–Kier alpha value is -2.79. The zero-order valence-corrected chi connectivity index (χ0v) is 18.9. The summed E-state index contributed by atoms with van der Waals surface area (Å²) in [4.78, 5) is 18.5. The van der Waals surface area contributed by atoms with Gasteiger partial charge in [0.2, 0.25) is 10.0 Å². The highest BCUT2D eigenvalue weighted by Gasteiger charge is 2.13. The van der Waals surface area contributed by atoms with Crippen LogP contribution in [0.2, 0.25) is 0 Å².